The third-order valence-electron chi connectivity index (χ3n) is 3.72. The van der Waals surface area contributed by atoms with E-state index in [9.17, 15) is 9.59 Å². The smallest absolute Gasteiger partial charge is 0.344 e. The Morgan fingerprint density at radius 1 is 0.821 bits per heavy atom. The van der Waals surface area contributed by atoms with Gasteiger partial charge in [-0.25, -0.2) is 4.79 Å². The van der Waals surface area contributed by atoms with Crippen molar-refractivity contribution in [2.45, 2.75) is 6.54 Å². The van der Waals surface area contributed by atoms with E-state index in [1.807, 2.05) is 0 Å². The van der Waals surface area contributed by atoms with Crippen molar-refractivity contribution in [1.82, 2.24) is 5.32 Å². The minimum absolute atomic E-state index is 0.263. The number of hydrogen-bond acceptors (Lipinski definition) is 7. The summed E-state index contributed by atoms with van der Waals surface area (Å²) in [5, 5.41) is 2.66. The zero-order chi connectivity index (χ0) is 20.4. The van der Waals surface area contributed by atoms with Crippen molar-refractivity contribution in [3.8, 4) is 23.0 Å². The van der Waals surface area contributed by atoms with Crippen LogP contribution in [0, 0.1) is 0 Å². The summed E-state index contributed by atoms with van der Waals surface area (Å²) >= 11 is 0. The molecule has 2 aromatic carbocycles. The normalized spacial score (nSPS) is 9.96. The Labute approximate surface area is 163 Å². The number of benzene rings is 2. The molecule has 8 heteroatoms. The average molecular weight is 389 g/mol. The van der Waals surface area contributed by atoms with E-state index < -0.39 is 18.5 Å². The van der Waals surface area contributed by atoms with Crippen molar-refractivity contribution in [3.05, 3.63) is 48.0 Å². The van der Waals surface area contributed by atoms with Gasteiger partial charge in [-0.3, -0.25) is 4.79 Å². The van der Waals surface area contributed by atoms with E-state index in [1.54, 1.807) is 56.7 Å². The van der Waals surface area contributed by atoms with Crippen molar-refractivity contribution >= 4 is 11.9 Å². The topological polar surface area (TPSA) is 92.3 Å². The van der Waals surface area contributed by atoms with Crippen LogP contribution in [0.1, 0.15) is 5.56 Å². The number of hydrogen-bond donors (Lipinski definition) is 1. The van der Waals surface area contributed by atoms with Gasteiger partial charge in [0.1, 0.15) is 11.5 Å². The fraction of sp³-hybridized carbons (Fsp3) is 0.300. The van der Waals surface area contributed by atoms with Crippen LogP contribution in [0.2, 0.25) is 0 Å². The molecule has 2 aromatic rings. The van der Waals surface area contributed by atoms with Gasteiger partial charge in [-0.15, -0.1) is 0 Å². The first-order valence-electron chi connectivity index (χ1n) is 8.45. The molecule has 0 saturated carbocycles. The van der Waals surface area contributed by atoms with Gasteiger partial charge in [0.2, 0.25) is 0 Å². The highest BCUT2D eigenvalue weighted by molar-refractivity contribution is 5.80. The molecule has 0 aliphatic heterocycles. The van der Waals surface area contributed by atoms with E-state index in [2.05, 4.69) is 5.32 Å². The molecule has 2 rings (SSSR count). The second-order valence-electron chi connectivity index (χ2n) is 5.59. The summed E-state index contributed by atoms with van der Waals surface area (Å²) in [5.74, 6) is 1.28. The molecular weight excluding hydrogens is 366 g/mol. The van der Waals surface area contributed by atoms with Crippen LogP contribution in [0.3, 0.4) is 0 Å². The lowest BCUT2D eigenvalue weighted by molar-refractivity contribution is -0.150. The van der Waals surface area contributed by atoms with Crippen molar-refractivity contribution in [2.75, 3.05) is 34.5 Å². The van der Waals surface area contributed by atoms with Crippen LogP contribution >= 0.6 is 0 Å². The van der Waals surface area contributed by atoms with E-state index in [4.69, 9.17) is 23.7 Å². The molecule has 28 heavy (non-hydrogen) atoms. The van der Waals surface area contributed by atoms with Gasteiger partial charge in [-0.1, -0.05) is 6.07 Å². The van der Waals surface area contributed by atoms with Gasteiger partial charge in [0.15, 0.2) is 24.7 Å². The van der Waals surface area contributed by atoms with Gasteiger partial charge in [0.05, 0.1) is 21.3 Å². The molecular formula is C20H23NO7. The largest absolute Gasteiger partial charge is 0.497 e. The first kappa shape index (κ1) is 20.9. The molecule has 0 heterocycles. The number of methoxy groups -OCH3 is 3. The summed E-state index contributed by atoms with van der Waals surface area (Å²) in [6.45, 7) is -0.424. The van der Waals surface area contributed by atoms with Crippen LogP contribution in [0.5, 0.6) is 23.0 Å². The van der Waals surface area contributed by atoms with E-state index in [0.717, 1.165) is 5.56 Å². The Morgan fingerprint density at radius 3 is 2.14 bits per heavy atom. The Hall–Kier alpha value is -3.42. The van der Waals surface area contributed by atoms with Gasteiger partial charge in [0.25, 0.3) is 5.91 Å². The number of rotatable bonds is 10. The van der Waals surface area contributed by atoms with Gasteiger partial charge in [0, 0.05) is 6.54 Å². The third-order valence-corrected chi connectivity index (χ3v) is 3.72. The Morgan fingerprint density at radius 2 is 1.50 bits per heavy atom. The first-order chi connectivity index (χ1) is 13.5. The molecule has 0 fully saturated rings. The average Bonchev–Trinajstić information content (AvgIpc) is 2.74. The molecule has 0 bridgehead atoms. The number of nitrogens with one attached hydrogen (secondary N) is 1. The highest BCUT2D eigenvalue weighted by atomic mass is 16.6. The van der Waals surface area contributed by atoms with Crippen molar-refractivity contribution < 1.29 is 33.3 Å². The third kappa shape index (κ3) is 6.39. The molecule has 8 nitrogen and oxygen atoms in total. The predicted octanol–water partition coefficient (Wildman–Crippen LogP) is 1.95. The van der Waals surface area contributed by atoms with Crippen LogP contribution in [-0.2, 0) is 20.9 Å². The number of amides is 1. The fourth-order valence-electron chi connectivity index (χ4n) is 2.24. The lowest BCUT2D eigenvalue weighted by Crippen LogP contribution is -2.29. The summed E-state index contributed by atoms with van der Waals surface area (Å²) in [6.07, 6.45) is 0. The molecule has 1 amide bonds. The van der Waals surface area contributed by atoms with Gasteiger partial charge < -0.3 is 29.0 Å². The Bertz CT molecular complexity index is 790. The maximum Gasteiger partial charge on any atom is 0.344 e. The maximum atomic E-state index is 11.8. The minimum Gasteiger partial charge on any atom is -0.497 e. The summed E-state index contributed by atoms with van der Waals surface area (Å²) in [7, 11) is 4.64. The van der Waals surface area contributed by atoms with Gasteiger partial charge in [-0.05, 0) is 42.0 Å². The lowest BCUT2D eigenvalue weighted by Gasteiger charge is -2.11. The second-order valence-corrected chi connectivity index (χ2v) is 5.59. The zero-order valence-corrected chi connectivity index (χ0v) is 16.0. The molecule has 150 valence electrons. The molecule has 0 aromatic heterocycles. The van der Waals surface area contributed by atoms with Crippen LogP contribution in [0.4, 0.5) is 0 Å². The molecule has 1 N–H and O–H groups in total. The van der Waals surface area contributed by atoms with Gasteiger partial charge >= 0.3 is 5.97 Å². The molecule has 0 aliphatic carbocycles. The Balaban J connectivity index is 1.70. The summed E-state index contributed by atoms with van der Waals surface area (Å²) < 4.78 is 25.6. The highest BCUT2D eigenvalue weighted by Crippen LogP contribution is 2.27. The SMILES string of the molecule is COc1ccc(OCC(=O)OCC(=O)NCc2ccc(OC)c(OC)c2)cc1. The van der Waals surface area contributed by atoms with Crippen LogP contribution < -0.4 is 24.3 Å². The van der Waals surface area contributed by atoms with Crippen molar-refractivity contribution in [3.63, 3.8) is 0 Å². The van der Waals surface area contributed by atoms with Crippen molar-refractivity contribution in [2.24, 2.45) is 0 Å². The number of esters is 1. The van der Waals surface area contributed by atoms with Crippen LogP contribution in [0.25, 0.3) is 0 Å². The number of ether oxygens (including phenoxy) is 5. The van der Waals surface area contributed by atoms with E-state index in [-0.39, 0.29) is 13.2 Å². The van der Waals surface area contributed by atoms with Gasteiger partial charge in [-0.2, -0.15) is 0 Å². The molecule has 0 aliphatic rings. The number of carbonyl (C=O) groups is 2. The van der Waals surface area contributed by atoms with Crippen molar-refractivity contribution in [1.29, 1.82) is 0 Å². The molecule has 0 spiro atoms. The molecule has 0 atom stereocenters. The standard InChI is InChI=1S/C20H23NO7/c1-24-15-5-7-16(8-6-15)27-13-20(23)28-12-19(22)21-11-14-4-9-17(25-2)18(10-14)26-3/h4-10H,11-13H2,1-3H3,(H,21,22). The zero-order valence-electron chi connectivity index (χ0n) is 16.0. The maximum absolute atomic E-state index is 11.8. The summed E-state index contributed by atoms with van der Waals surface area (Å²) in [5.41, 5.74) is 0.820. The number of carbonyl (C=O) groups excluding carboxylic acids is 2. The van der Waals surface area contributed by atoms with E-state index in [1.165, 1.54) is 7.11 Å². The monoisotopic (exact) mass is 389 g/mol. The molecule has 0 radical (unpaired) electrons. The van der Waals surface area contributed by atoms with Crippen LogP contribution in [0.15, 0.2) is 42.5 Å². The second kappa shape index (κ2) is 10.7. The molecule has 0 saturated heterocycles. The van der Waals surface area contributed by atoms with E-state index >= 15 is 0 Å². The Kier molecular flexibility index (Phi) is 7.95. The minimum atomic E-state index is -0.642. The lowest BCUT2D eigenvalue weighted by atomic mass is 10.2. The quantitative estimate of drug-likeness (QED) is 0.621. The molecule has 0 unspecified atom stereocenters. The van der Waals surface area contributed by atoms with Crippen LogP contribution in [-0.4, -0.2) is 46.4 Å². The summed E-state index contributed by atoms with van der Waals surface area (Å²) in [4.78, 5) is 23.5. The van der Waals surface area contributed by atoms with E-state index in [0.29, 0.717) is 23.0 Å². The summed E-state index contributed by atoms with van der Waals surface area (Å²) in [6, 6.07) is 12.1. The first-order valence-corrected chi connectivity index (χ1v) is 8.45. The highest BCUT2D eigenvalue weighted by Gasteiger charge is 2.10. The predicted molar refractivity (Wildman–Crippen MR) is 101 cm³/mol. The fourth-order valence-corrected chi connectivity index (χ4v) is 2.24.